The van der Waals surface area contributed by atoms with Crippen molar-refractivity contribution in [2.75, 3.05) is 13.2 Å². The summed E-state index contributed by atoms with van der Waals surface area (Å²) in [7, 11) is 0. The molecule has 1 atom stereocenters. The topological polar surface area (TPSA) is 78.9 Å². The van der Waals surface area contributed by atoms with E-state index in [1.807, 2.05) is 36.5 Å². The number of carbonyl (C=O) groups excluding carboxylic acids is 3. The van der Waals surface area contributed by atoms with Gasteiger partial charge in [-0.05, 0) is 89.9 Å². The first-order valence-corrected chi connectivity index (χ1v) is 24.5. The van der Waals surface area contributed by atoms with Crippen LogP contribution in [0.5, 0.6) is 0 Å². The molecule has 0 aliphatic carbocycles. The molecule has 6 heteroatoms. The molecule has 0 N–H and O–H groups in total. The minimum Gasteiger partial charge on any atom is -0.462 e. The molecule has 344 valence electrons. The standard InChI is InChI=1S/C55H88O6/c1-4-7-10-13-16-19-22-24-25-26-27-28-29-31-33-36-39-42-45-48-54(57)60-51-52(50-59-53(56)47-44-41-38-35-32-21-18-15-12-9-6-3)61-55(58)49-46-43-40-37-34-30-23-20-17-14-11-8-5-2/h7-8,10-11,14-21,23-25,30,32,34,52H,4-6,9,12-13,22,26-29,31,33,35-51H2,1-3H3/b10-7-,11-8-,17-14-,18-15-,19-16-,23-20-,25-24-,32-21-,34-30-. The molecular weight excluding hydrogens is 757 g/mol. The molecule has 0 aromatic rings. The summed E-state index contributed by atoms with van der Waals surface area (Å²) in [6.07, 6.45) is 65.0. The van der Waals surface area contributed by atoms with Crippen LogP contribution in [0.4, 0.5) is 0 Å². The van der Waals surface area contributed by atoms with Gasteiger partial charge in [0.2, 0.25) is 0 Å². The average molecular weight is 845 g/mol. The number of unbranched alkanes of at least 4 members (excludes halogenated alkanes) is 17. The number of esters is 3. The van der Waals surface area contributed by atoms with Gasteiger partial charge in [-0.25, -0.2) is 0 Å². The Hall–Kier alpha value is -3.93. The van der Waals surface area contributed by atoms with Gasteiger partial charge >= 0.3 is 17.9 Å². The van der Waals surface area contributed by atoms with E-state index in [4.69, 9.17) is 14.2 Å². The Bertz CT molecular complexity index is 1290. The second kappa shape index (κ2) is 48.7. The van der Waals surface area contributed by atoms with Gasteiger partial charge in [-0.15, -0.1) is 0 Å². The maximum absolute atomic E-state index is 12.7. The molecular formula is C55H88O6. The van der Waals surface area contributed by atoms with Crippen LogP contribution in [0.25, 0.3) is 0 Å². The monoisotopic (exact) mass is 845 g/mol. The molecule has 0 aromatic carbocycles. The zero-order valence-corrected chi connectivity index (χ0v) is 39.1. The lowest BCUT2D eigenvalue weighted by Crippen LogP contribution is -2.30. The van der Waals surface area contributed by atoms with Crippen LogP contribution in [-0.2, 0) is 28.6 Å². The van der Waals surface area contributed by atoms with E-state index >= 15 is 0 Å². The highest BCUT2D eigenvalue weighted by atomic mass is 16.6. The molecule has 0 aliphatic rings. The van der Waals surface area contributed by atoms with Crippen molar-refractivity contribution in [2.24, 2.45) is 0 Å². The average Bonchev–Trinajstić information content (AvgIpc) is 3.26. The van der Waals surface area contributed by atoms with E-state index in [-0.39, 0.29) is 37.5 Å². The second-order valence-electron chi connectivity index (χ2n) is 15.7. The summed E-state index contributed by atoms with van der Waals surface area (Å²) >= 11 is 0. The Morgan fingerprint density at radius 3 is 1.23 bits per heavy atom. The lowest BCUT2D eigenvalue weighted by atomic mass is 10.1. The highest BCUT2D eigenvalue weighted by Crippen LogP contribution is 2.13. The predicted molar refractivity (Wildman–Crippen MR) is 260 cm³/mol. The van der Waals surface area contributed by atoms with Crippen molar-refractivity contribution < 1.29 is 28.6 Å². The van der Waals surface area contributed by atoms with Crippen molar-refractivity contribution in [3.8, 4) is 0 Å². The van der Waals surface area contributed by atoms with Crippen LogP contribution in [-0.4, -0.2) is 37.2 Å². The third kappa shape index (κ3) is 47.0. The Kier molecular flexibility index (Phi) is 45.6. The Morgan fingerprint density at radius 1 is 0.361 bits per heavy atom. The normalized spacial score (nSPS) is 13.0. The molecule has 0 heterocycles. The van der Waals surface area contributed by atoms with Gasteiger partial charge in [0, 0.05) is 19.3 Å². The molecule has 0 radical (unpaired) electrons. The highest BCUT2D eigenvalue weighted by molar-refractivity contribution is 5.71. The molecule has 0 spiro atoms. The van der Waals surface area contributed by atoms with Crippen molar-refractivity contribution in [3.63, 3.8) is 0 Å². The lowest BCUT2D eigenvalue weighted by molar-refractivity contribution is -0.167. The van der Waals surface area contributed by atoms with Gasteiger partial charge in [0.15, 0.2) is 6.10 Å². The summed E-state index contributed by atoms with van der Waals surface area (Å²) in [6.45, 7) is 6.25. The molecule has 0 aliphatic heterocycles. The maximum atomic E-state index is 12.7. The van der Waals surface area contributed by atoms with Crippen LogP contribution in [0, 0.1) is 0 Å². The van der Waals surface area contributed by atoms with E-state index in [0.717, 1.165) is 103 Å². The Labute approximate surface area is 374 Å². The van der Waals surface area contributed by atoms with Crippen LogP contribution in [0.3, 0.4) is 0 Å². The Balaban J connectivity index is 4.44. The molecule has 0 saturated carbocycles. The lowest BCUT2D eigenvalue weighted by Gasteiger charge is -2.18. The maximum Gasteiger partial charge on any atom is 0.306 e. The molecule has 1 unspecified atom stereocenters. The van der Waals surface area contributed by atoms with Crippen LogP contribution in [0.1, 0.15) is 201 Å². The smallest absolute Gasteiger partial charge is 0.306 e. The van der Waals surface area contributed by atoms with E-state index in [2.05, 4.69) is 93.7 Å². The molecule has 0 saturated heterocycles. The quantitative estimate of drug-likeness (QED) is 0.0200. The van der Waals surface area contributed by atoms with Crippen LogP contribution in [0.2, 0.25) is 0 Å². The van der Waals surface area contributed by atoms with Crippen molar-refractivity contribution in [2.45, 2.75) is 207 Å². The zero-order valence-electron chi connectivity index (χ0n) is 39.1. The fourth-order valence-corrected chi connectivity index (χ4v) is 6.21. The number of allylic oxidation sites excluding steroid dienone is 18. The molecule has 0 amide bonds. The molecule has 0 aromatic heterocycles. The first kappa shape index (κ1) is 57.1. The summed E-state index contributed by atoms with van der Waals surface area (Å²) in [6, 6.07) is 0. The van der Waals surface area contributed by atoms with Gasteiger partial charge in [-0.1, -0.05) is 201 Å². The number of carbonyl (C=O) groups is 3. The Morgan fingerprint density at radius 2 is 0.721 bits per heavy atom. The fourth-order valence-electron chi connectivity index (χ4n) is 6.21. The molecule has 0 rings (SSSR count). The van der Waals surface area contributed by atoms with Crippen LogP contribution in [0.15, 0.2) is 109 Å². The van der Waals surface area contributed by atoms with Gasteiger partial charge in [-0.3, -0.25) is 14.4 Å². The van der Waals surface area contributed by atoms with Gasteiger partial charge in [0.1, 0.15) is 13.2 Å². The minimum atomic E-state index is -0.812. The molecule has 61 heavy (non-hydrogen) atoms. The molecule has 0 bridgehead atoms. The summed E-state index contributed by atoms with van der Waals surface area (Å²) in [5.74, 6) is -0.991. The number of hydrogen-bond acceptors (Lipinski definition) is 6. The number of hydrogen-bond donors (Lipinski definition) is 0. The summed E-state index contributed by atoms with van der Waals surface area (Å²) in [5, 5.41) is 0. The summed E-state index contributed by atoms with van der Waals surface area (Å²) < 4.78 is 16.7. The zero-order chi connectivity index (χ0) is 44.4. The first-order valence-electron chi connectivity index (χ1n) is 24.5. The van der Waals surface area contributed by atoms with Crippen LogP contribution < -0.4 is 0 Å². The van der Waals surface area contributed by atoms with Crippen molar-refractivity contribution in [3.05, 3.63) is 109 Å². The predicted octanol–water partition coefficient (Wildman–Crippen LogP) is 16.0. The fraction of sp³-hybridized carbons (Fsp3) is 0.618. The molecule has 0 fully saturated rings. The van der Waals surface area contributed by atoms with Gasteiger partial charge in [0.25, 0.3) is 0 Å². The van der Waals surface area contributed by atoms with E-state index < -0.39 is 6.10 Å². The highest BCUT2D eigenvalue weighted by Gasteiger charge is 2.19. The van der Waals surface area contributed by atoms with Crippen LogP contribution >= 0.6 is 0 Å². The number of ether oxygens (including phenoxy) is 3. The first-order chi connectivity index (χ1) is 30.0. The van der Waals surface area contributed by atoms with E-state index in [1.165, 1.54) is 51.4 Å². The second-order valence-corrected chi connectivity index (χ2v) is 15.7. The molecule has 6 nitrogen and oxygen atoms in total. The van der Waals surface area contributed by atoms with E-state index in [1.54, 1.807) is 0 Å². The van der Waals surface area contributed by atoms with E-state index in [0.29, 0.717) is 19.3 Å². The van der Waals surface area contributed by atoms with Crippen molar-refractivity contribution in [1.29, 1.82) is 0 Å². The summed E-state index contributed by atoms with van der Waals surface area (Å²) in [5.41, 5.74) is 0. The van der Waals surface area contributed by atoms with Gasteiger partial charge in [-0.2, -0.15) is 0 Å². The van der Waals surface area contributed by atoms with Gasteiger partial charge in [0.05, 0.1) is 0 Å². The third-order valence-corrected chi connectivity index (χ3v) is 9.86. The third-order valence-electron chi connectivity index (χ3n) is 9.86. The van der Waals surface area contributed by atoms with Gasteiger partial charge < -0.3 is 14.2 Å². The van der Waals surface area contributed by atoms with Crippen molar-refractivity contribution >= 4 is 17.9 Å². The largest absolute Gasteiger partial charge is 0.462 e. The summed E-state index contributed by atoms with van der Waals surface area (Å²) in [4.78, 5) is 37.8. The minimum absolute atomic E-state index is 0.108. The van der Waals surface area contributed by atoms with E-state index in [9.17, 15) is 14.4 Å². The SMILES string of the molecule is CC\C=C/C=C\C=C/C=C\CCCCCC(=O)OC(COC(=O)CCCCC/C=C\C=C/CCCC)COC(=O)CCCCCCCCCCC/C=C\C/C=C\C/C=C\CC. The van der Waals surface area contributed by atoms with Crippen molar-refractivity contribution in [1.82, 2.24) is 0 Å². The number of rotatable bonds is 42.